The molecule has 1 saturated carbocycles. The fourth-order valence-corrected chi connectivity index (χ4v) is 3.24. The third-order valence-corrected chi connectivity index (χ3v) is 4.54. The Hall–Kier alpha value is -2.36. The van der Waals surface area contributed by atoms with Crippen molar-refractivity contribution in [2.75, 3.05) is 6.54 Å². The van der Waals surface area contributed by atoms with Crippen LogP contribution in [-0.2, 0) is 0 Å². The van der Waals surface area contributed by atoms with E-state index < -0.39 is 0 Å². The Bertz CT molecular complexity index is 824. The fourth-order valence-electron chi connectivity index (χ4n) is 3.24. The lowest BCUT2D eigenvalue weighted by molar-refractivity contribution is 0.0818. The van der Waals surface area contributed by atoms with Crippen molar-refractivity contribution in [3.05, 3.63) is 41.8 Å². The monoisotopic (exact) mass is 264 g/mol. The number of hydrogen-bond donors (Lipinski definition) is 0. The number of amides is 1. The first-order chi connectivity index (χ1) is 9.76. The minimum atomic E-state index is 0.0412. The van der Waals surface area contributed by atoms with Crippen LogP contribution in [-0.4, -0.2) is 23.6 Å². The second-order valence-electron chi connectivity index (χ2n) is 5.87. The molecule has 2 aromatic rings. The van der Waals surface area contributed by atoms with Crippen molar-refractivity contribution in [3.8, 4) is 0 Å². The van der Waals surface area contributed by atoms with Gasteiger partial charge in [-0.3, -0.25) is 9.79 Å². The molecule has 0 unspecified atom stereocenters. The van der Waals surface area contributed by atoms with Crippen LogP contribution in [0.25, 0.3) is 11.0 Å². The lowest BCUT2D eigenvalue weighted by Gasteiger charge is -2.18. The van der Waals surface area contributed by atoms with Crippen LogP contribution in [0.5, 0.6) is 0 Å². The molecule has 4 nitrogen and oxygen atoms in total. The Morgan fingerprint density at radius 2 is 2.15 bits per heavy atom. The molecule has 1 aromatic heterocycles. The zero-order valence-electron chi connectivity index (χ0n) is 10.8. The van der Waals surface area contributed by atoms with Crippen LogP contribution in [0.1, 0.15) is 23.2 Å². The summed E-state index contributed by atoms with van der Waals surface area (Å²) in [5.41, 5.74) is 3.30. The largest absolute Gasteiger partial charge is 0.464 e. The zero-order chi connectivity index (χ0) is 13.3. The third-order valence-electron chi connectivity index (χ3n) is 4.54. The van der Waals surface area contributed by atoms with Crippen molar-refractivity contribution in [1.29, 1.82) is 0 Å². The zero-order valence-corrected chi connectivity index (χ0v) is 10.8. The number of fused-ring (bicyclic) bond motifs is 4. The minimum Gasteiger partial charge on any atom is -0.464 e. The van der Waals surface area contributed by atoms with E-state index in [1.807, 2.05) is 29.3 Å². The van der Waals surface area contributed by atoms with E-state index >= 15 is 0 Å². The molecule has 4 heteroatoms. The van der Waals surface area contributed by atoms with Crippen LogP contribution >= 0.6 is 0 Å². The Morgan fingerprint density at radius 3 is 3.00 bits per heavy atom. The smallest absolute Gasteiger partial charge is 0.261 e. The van der Waals surface area contributed by atoms with E-state index in [-0.39, 0.29) is 11.3 Å². The molecule has 2 aliphatic heterocycles. The van der Waals surface area contributed by atoms with E-state index in [0.29, 0.717) is 5.56 Å². The van der Waals surface area contributed by atoms with E-state index in [0.717, 1.165) is 28.9 Å². The maximum Gasteiger partial charge on any atom is 0.261 e. The van der Waals surface area contributed by atoms with Crippen LogP contribution in [0.4, 0.5) is 5.69 Å². The average molecular weight is 264 g/mol. The third kappa shape index (κ3) is 1.21. The Morgan fingerprint density at radius 1 is 1.25 bits per heavy atom. The van der Waals surface area contributed by atoms with Crippen molar-refractivity contribution in [2.24, 2.45) is 10.4 Å². The number of hydrogen-bond acceptors (Lipinski definition) is 3. The molecule has 1 amide bonds. The second kappa shape index (κ2) is 3.20. The van der Waals surface area contributed by atoms with E-state index in [4.69, 9.17) is 4.42 Å². The summed E-state index contributed by atoms with van der Waals surface area (Å²) in [6.07, 6.45) is 8.01. The summed E-state index contributed by atoms with van der Waals surface area (Å²) in [5, 5.41) is 0.850. The average Bonchev–Trinajstić information content (AvgIpc) is 2.93. The minimum absolute atomic E-state index is 0.0412. The first kappa shape index (κ1) is 10.4. The molecule has 0 radical (unpaired) electrons. The second-order valence-corrected chi connectivity index (χ2v) is 5.87. The molecule has 0 bridgehead atoms. The van der Waals surface area contributed by atoms with Crippen molar-refractivity contribution in [3.63, 3.8) is 0 Å². The number of rotatable bonds is 0. The summed E-state index contributed by atoms with van der Waals surface area (Å²) in [7, 11) is 0. The van der Waals surface area contributed by atoms with Gasteiger partial charge in [0, 0.05) is 17.3 Å². The molecule has 1 aromatic carbocycles. The molecule has 1 spiro atoms. The van der Waals surface area contributed by atoms with Gasteiger partial charge in [0.05, 0.1) is 29.4 Å². The normalized spacial score (nSPS) is 21.9. The number of benzene rings is 1. The predicted octanol–water partition coefficient (Wildman–Crippen LogP) is 3.27. The van der Waals surface area contributed by atoms with Crippen LogP contribution < -0.4 is 0 Å². The highest BCUT2D eigenvalue weighted by molar-refractivity contribution is 6.14. The van der Waals surface area contributed by atoms with Gasteiger partial charge in [0.25, 0.3) is 5.91 Å². The van der Waals surface area contributed by atoms with Gasteiger partial charge in [0.15, 0.2) is 0 Å². The number of furan rings is 1. The van der Waals surface area contributed by atoms with Gasteiger partial charge in [-0.25, -0.2) is 0 Å². The standard InChI is InChI=1S/C16H12N2O2/c19-15-14-11-3-6-20-13(11)2-1-12(14)17-8-10-7-16(4-5-16)9-18(10)15/h1-3,6-8H,4-5,9H2. The van der Waals surface area contributed by atoms with Gasteiger partial charge in [-0.15, -0.1) is 0 Å². The highest BCUT2D eigenvalue weighted by Gasteiger charge is 2.49. The lowest BCUT2D eigenvalue weighted by Crippen LogP contribution is -2.29. The highest BCUT2D eigenvalue weighted by Crippen LogP contribution is 2.53. The topological polar surface area (TPSA) is 45.8 Å². The fraction of sp³-hybridized carbons (Fsp3) is 0.250. The SMILES string of the molecule is O=C1c2c(ccc3occc23)N=CC2=CC3(CC3)CN12. The molecular formula is C16H12N2O2. The van der Waals surface area contributed by atoms with Crippen molar-refractivity contribution >= 4 is 28.8 Å². The van der Waals surface area contributed by atoms with Gasteiger partial charge < -0.3 is 9.32 Å². The number of carbonyl (C=O) groups is 1. The quantitative estimate of drug-likeness (QED) is 0.733. The molecular weight excluding hydrogens is 252 g/mol. The molecule has 98 valence electrons. The van der Waals surface area contributed by atoms with Crippen LogP contribution in [0, 0.1) is 5.41 Å². The number of carbonyl (C=O) groups excluding carboxylic acids is 1. The Labute approximate surface area is 115 Å². The van der Waals surface area contributed by atoms with Crippen LogP contribution in [0.15, 0.2) is 45.6 Å². The Kier molecular flexibility index (Phi) is 1.67. The van der Waals surface area contributed by atoms with E-state index in [9.17, 15) is 4.79 Å². The summed E-state index contributed by atoms with van der Waals surface area (Å²) in [6, 6.07) is 5.57. The summed E-state index contributed by atoms with van der Waals surface area (Å²) in [6.45, 7) is 0.793. The van der Waals surface area contributed by atoms with Crippen LogP contribution in [0.3, 0.4) is 0 Å². The lowest BCUT2D eigenvalue weighted by atomic mass is 10.1. The molecule has 0 saturated heterocycles. The molecule has 0 atom stereocenters. The highest BCUT2D eigenvalue weighted by atomic mass is 16.3. The van der Waals surface area contributed by atoms with E-state index in [1.54, 1.807) is 6.26 Å². The number of nitrogens with zero attached hydrogens (tertiary/aromatic N) is 2. The van der Waals surface area contributed by atoms with Gasteiger partial charge in [0.1, 0.15) is 5.58 Å². The molecule has 1 fully saturated rings. The number of allylic oxidation sites excluding steroid dienone is 1. The van der Waals surface area contributed by atoms with Gasteiger partial charge in [-0.05, 0) is 31.0 Å². The maximum atomic E-state index is 12.9. The molecule has 3 heterocycles. The van der Waals surface area contributed by atoms with Gasteiger partial charge in [-0.1, -0.05) is 6.08 Å². The summed E-state index contributed by atoms with van der Waals surface area (Å²) in [4.78, 5) is 19.3. The van der Waals surface area contributed by atoms with E-state index in [2.05, 4.69) is 11.1 Å². The molecule has 5 rings (SSSR count). The predicted molar refractivity (Wildman–Crippen MR) is 75.2 cm³/mol. The van der Waals surface area contributed by atoms with Crippen molar-refractivity contribution < 1.29 is 9.21 Å². The van der Waals surface area contributed by atoms with Gasteiger partial charge in [0.2, 0.25) is 0 Å². The van der Waals surface area contributed by atoms with Gasteiger partial charge in [-0.2, -0.15) is 0 Å². The first-order valence-corrected chi connectivity index (χ1v) is 6.85. The summed E-state index contributed by atoms with van der Waals surface area (Å²) >= 11 is 0. The van der Waals surface area contributed by atoms with Gasteiger partial charge >= 0.3 is 0 Å². The molecule has 20 heavy (non-hydrogen) atoms. The molecule has 0 N–H and O–H groups in total. The van der Waals surface area contributed by atoms with E-state index in [1.165, 1.54) is 12.8 Å². The Balaban J connectivity index is 1.76. The van der Waals surface area contributed by atoms with Crippen LogP contribution in [0.2, 0.25) is 0 Å². The summed E-state index contributed by atoms with van der Waals surface area (Å²) in [5.74, 6) is 0.0412. The maximum absolute atomic E-state index is 12.9. The van der Waals surface area contributed by atoms with Crippen molar-refractivity contribution in [1.82, 2.24) is 4.90 Å². The van der Waals surface area contributed by atoms with Crippen molar-refractivity contribution in [2.45, 2.75) is 12.8 Å². The number of aliphatic imine (C=N–C) groups is 1. The molecule has 3 aliphatic rings. The first-order valence-electron chi connectivity index (χ1n) is 6.85. The molecule has 1 aliphatic carbocycles. The summed E-state index contributed by atoms with van der Waals surface area (Å²) < 4.78 is 5.40.